The van der Waals surface area contributed by atoms with E-state index in [1.54, 1.807) is 0 Å². The SMILES string of the molecule is C1=CC2Oc3c(c(C4CCCCC4)cc4c3oc3ccc(-n5c6ccccc6c6ccccc65)cc34)C2C=C1n1c2ccccc2c2ccccc21. The molecule has 2 aliphatic carbocycles. The van der Waals surface area contributed by atoms with Crippen molar-refractivity contribution in [2.24, 2.45) is 0 Å². The summed E-state index contributed by atoms with van der Waals surface area (Å²) in [4.78, 5) is 0. The zero-order chi connectivity index (χ0) is 33.9. The van der Waals surface area contributed by atoms with Gasteiger partial charge in [-0.2, -0.15) is 0 Å². The summed E-state index contributed by atoms with van der Waals surface area (Å²) in [6.07, 6.45) is 13.3. The number of para-hydroxylation sites is 4. The first kappa shape index (κ1) is 28.7. The molecule has 0 radical (unpaired) electrons. The summed E-state index contributed by atoms with van der Waals surface area (Å²) in [6.45, 7) is 0. The van der Waals surface area contributed by atoms with E-state index in [-0.39, 0.29) is 12.0 Å². The molecule has 4 nitrogen and oxygen atoms in total. The lowest BCUT2D eigenvalue weighted by molar-refractivity contribution is 0.269. The van der Waals surface area contributed by atoms with Gasteiger partial charge in [0.1, 0.15) is 11.7 Å². The van der Waals surface area contributed by atoms with E-state index in [0.717, 1.165) is 33.4 Å². The fraction of sp³-hybridized carbons (Fsp3) is 0.167. The third-order valence-electron chi connectivity index (χ3n) is 12.2. The molecule has 52 heavy (non-hydrogen) atoms. The standard InChI is InChI=1S/C48H36N2O2/c1-2-12-29(13-3-1)36-28-38-37-26-30(49-40-18-8-4-14-32(40)33-15-5-9-19-41(33)49)22-24-44(37)51-47(38)48-46(36)39-27-31(23-25-45(39)52-48)50-42-20-10-6-16-34(42)35-17-7-11-21-43(35)50/h4-11,14-29,39,45H,1-3,12-13H2. The minimum absolute atomic E-state index is 0.0684. The van der Waals surface area contributed by atoms with Gasteiger partial charge in [0, 0.05) is 55.2 Å². The summed E-state index contributed by atoms with van der Waals surface area (Å²) in [5.74, 6) is 1.56. The van der Waals surface area contributed by atoms with Crippen LogP contribution in [0.3, 0.4) is 0 Å². The molecule has 12 rings (SSSR count). The summed E-state index contributed by atoms with van der Waals surface area (Å²) in [5.41, 5.74) is 11.8. The minimum atomic E-state index is -0.0684. The number of ether oxygens (including phenoxy) is 1. The molecular weight excluding hydrogens is 637 g/mol. The normalized spacial score (nSPS) is 18.9. The van der Waals surface area contributed by atoms with E-state index < -0.39 is 0 Å². The Hall–Kier alpha value is -6.00. The number of benzene rings is 6. The molecule has 3 aromatic heterocycles. The van der Waals surface area contributed by atoms with Crippen molar-refractivity contribution < 1.29 is 9.15 Å². The van der Waals surface area contributed by atoms with Gasteiger partial charge in [-0.05, 0) is 91.1 Å². The minimum Gasteiger partial charge on any atom is -0.481 e. The second kappa shape index (κ2) is 10.8. The third-order valence-corrected chi connectivity index (χ3v) is 12.2. The van der Waals surface area contributed by atoms with Crippen LogP contribution in [-0.2, 0) is 0 Å². The maximum Gasteiger partial charge on any atom is 0.177 e. The maximum atomic E-state index is 7.00. The Balaban J connectivity index is 1.07. The van der Waals surface area contributed by atoms with Crippen LogP contribution in [-0.4, -0.2) is 15.2 Å². The number of allylic oxidation sites excluding steroid dienone is 2. The summed E-state index contributed by atoms with van der Waals surface area (Å²) < 4.78 is 18.7. The predicted octanol–water partition coefficient (Wildman–Crippen LogP) is 12.8. The van der Waals surface area contributed by atoms with Crippen molar-refractivity contribution in [2.75, 3.05) is 0 Å². The Morgan fingerprint density at radius 3 is 1.79 bits per heavy atom. The van der Waals surface area contributed by atoms with Gasteiger partial charge < -0.3 is 18.3 Å². The van der Waals surface area contributed by atoms with Crippen molar-refractivity contribution in [3.63, 3.8) is 0 Å². The Morgan fingerprint density at radius 2 is 1.15 bits per heavy atom. The van der Waals surface area contributed by atoms with Gasteiger partial charge in [-0.25, -0.2) is 0 Å². The Labute approximate surface area is 300 Å². The first-order valence-corrected chi connectivity index (χ1v) is 18.9. The maximum absolute atomic E-state index is 7.00. The Morgan fingerprint density at radius 1 is 0.558 bits per heavy atom. The topological polar surface area (TPSA) is 32.2 Å². The van der Waals surface area contributed by atoms with Gasteiger partial charge in [-0.3, -0.25) is 0 Å². The molecule has 0 bridgehead atoms. The van der Waals surface area contributed by atoms with Gasteiger partial charge in [0.15, 0.2) is 11.3 Å². The quantitative estimate of drug-likeness (QED) is 0.187. The van der Waals surface area contributed by atoms with Crippen LogP contribution in [0, 0.1) is 0 Å². The Bertz CT molecular complexity index is 2890. The molecule has 6 aromatic carbocycles. The van der Waals surface area contributed by atoms with Gasteiger partial charge in [0.25, 0.3) is 0 Å². The van der Waals surface area contributed by atoms with Crippen LogP contribution < -0.4 is 4.74 Å². The van der Waals surface area contributed by atoms with Crippen molar-refractivity contribution in [1.82, 2.24) is 9.13 Å². The lowest BCUT2D eigenvalue weighted by atomic mass is 9.77. The molecular formula is C48H36N2O2. The molecule has 4 heterocycles. The highest BCUT2D eigenvalue weighted by molar-refractivity contribution is 6.12. The van der Waals surface area contributed by atoms with Crippen molar-refractivity contribution in [3.8, 4) is 11.4 Å². The summed E-state index contributed by atoms with van der Waals surface area (Å²) in [7, 11) is 0. The van der Waals surface area contributed by atoms with E-state index in [1.807, 2.05) is 0 Å². The number of hydrogen-bond donors (Lipinski definition) is 0. The molecule has 1 saturated carbocycles. The molecule has 250 valence electrons. The van der Waals surface area contributed by atoms with E-state index in [1.165, 1.54) is 92.5 Å². The first-order chi connectivity index (χ1) is 25.8. The largest absolute Gasteiger partial charge is 0.481 e. The molecule has 3 aliphatic rings. The van der Waals surface area contributed by atoms with Gasteiger partial charge in [-0.1, -0.05) is 92.1 Å². The fourth-order valence-electron chi connectivity index (χ4n) is 9.95. The number of fused-ring (bicyclic) bond motifs is 13. The molecule has 9 aromatic rings. The Kier molecular flexibility index (Phi) is 5.93. The molecule has 1 aliphatic heterocycles. The summed E-state index contributed by atoms with van der Waals surface area (Å²) in [6, 6.07) is 44.2. The molecule has 2 unspecified atom stereocenters. The van der Waals surface area contributed by atoms with Crippen LogP contribution in [0.4, 0.5) is 0 Å². The van der Waals surface area contributed by atoms with E-state index in [2.05, 4.69) is 149 Å². The fourth-order valence-corrected chi connectivity index (χ4v) is 9.95. The average Bonchev–Trinajstić information content (AvgIpc) is 3.95. The van der Waals surface area contributed by atoms with Crippen LogP contribution in [0.15, 0.2) is 144 Å². The zero-order valence-corrected chi connectivity index (χ0v) is 28.8. The van der Waals surface area contributed by atoms with Gasteiger partial charge >= 0.3 is 0 Å². The van der Waals surface area contributed by atoms with Crippen molar-refractivity contribution in [3.05, 3.63) is 151 Å². The van der Waals surface area contributed by atoms with E-state index >= 15 is 0 Å². The second-order valence-electron chi connectivity index (χ2n) is 15.0. The van der Waals surface area contributed by atoms with E-state index in [4.69, 9.17) is 9.15 Å². The highest BCUT2D eigenvalue weighted by Gasteiger charge is 2.40. The molecule has 0 amide bonds. The smallest absolute Gasteiger partial charge is 0.177 e. The zero-order valence-electron chi connectivity index (χ0n) is 28.8. The highest BCUT2D eigenvalue weighted by Crippen LogP contribution is 2.54. The van der Waals surface area contributed by atoms with Crippen molar-refractivity contribution in [1.29, 1.82) is 0 Å². The molecule has 4 heteroatoms. The van der Waals surface area contributed by atoms with Crippen LogP contribution in [0.1, 0.15) is 55.1 Å². The monoisotopic (exact) mass is 672 g/mol. The first-order valence-electron chi connectivity index (χ1n) is 18.9. The molecule has 1 fully saturated rings. The van der Waals surface area contributed by atoms with Crippen LogP contribution in [0.25, 0.3) is 76.9 Å². The summed E-state index contributed by atoms with van der Waals surface area (Å²) in [5, 5.41) is 7.40. The number of aromatic nitrogens is 2. The number of hydrogen-bond acceptors (Lipinski definition) is 2. The van der Waals surface area contributed by atoms with Gasteiger partial charge in [-0.15, -0.1) is 0 Å². The van der Waals surface area contributed by atoms with Crippen LogP contribution in [0.5, 0.6) is 5.75 Å². The van der Waals surface area contributed by atoms with Crippen LogP contribution in [0.2, 0.25) is 0 Å². The lowest BCUT2D eigenvalue weighted by Crippen LogP contribution is -2.19. The second-order valence-corrected chi connectivity index (χ2v) is 15.0. The lowest BCUT2D eigenvalue weighted by Gasteiger charge is -2.26. The third kappa shape index (κ3) is 3.92. The van der Waals surface area contributed by atoms with Crippen molar-refractivity contribution >= 4 is 71.2 Å². The number of rotatable bonds is 3. The highest BCUT2D eigenvalue weighted by atomic mass is 16.5. The molecule has 2 atom stereocenters. The van der Waals surface area contributed by atoms with Gasteiger partial charge in [0.2, 0.25) is 0 Å². The number of nitrogens with zero attached hydrogens (tertiary/aromatic N) is 2. The van der Waals surface area contributed by atoms with E-state index in [0.29, 0.717) is 5.92 Å². The molecule has 0 saturated heterocycles. The molecule has 0 spiro atoms. The van der Waals surface area contributed by atoms with Crippen LogP contribution >= 0.6 is 0 Å². The summed E-state index contributed by atoms with van der Waals surface area (Å²) >= 11 is 0. The molecule has 0 N–H and O–H groups in total. The average molecular weight is 673 g/mol. The van der Waals surface area contributed by atoms with Crippen molar-refractivity contribution in [2.45, 2.75) is 50.0 Å². The van der Waals surface area contributed by atoms with E-state index in [9.17, 15) is 0 Å². The van der Waals surface area contributed by atoms with Gasteiger partial charge in [0.05, 0.1) is 22.1 Å². The number of furan rings is 1. The predicted molar refractivity (Wildman–Crippen MR) is 214 cm³/mol.